The summed E-state index contributed by atoms with van der Waals surface area (Å²) in [6.07, 6.45) is 1.67. The van der Waals surface area contributed by atoms with Crippen LogP contribution in [0.25, 0.3) is 6.08 Å². The van der Waals surface area contributed by atoms with Gasteiger partial charge in [-0.15, -0.1) is 0 Å². The fourth-order valence-electron chi connectivity index (χ4n) is 3.29. The highest BCUT2D eigenvalue weighted by Gasteiger charge is 2.37. The van der Waals surface area contributed by atoms with Gasteiger partial charge >= 0.3 is 0 Å². The number of rotatable bonds is 6. The average Bonchev–Trinajstić information content (AvgIpc) is 3.07. The number of amides is 3. The molecule has 32 heavy (non-hydrogen) atoms. The maximum atomic E-state index is 12.7. The molecule has 0 N–H and O–H groups in total. The van der Waals surface area contributed by atoms with Gasteiger partial charge in [0, 0.05) is 13.1 Å². The van der Waals surface area contributed by atoms with Gasteiger partial charge in [-0.3, -0.25) is 19.3 Å². The van der Waals surface area contributed by atoms with Crippen molar-refractivity contribution in [3.8, 4) is 5.75 Å². The van der Waals surface area contributed by atoms with Crippen molar-refractivity contribution in [2.24, 2.45) is 0 Å². The van der Waals surface area contributed by atoms with E-state index in [2.05, 4.69) is 22.6 Å². The first-order valence-electron chi connectivity index (χ1n) is 10.1. The highest BCUT2D eigenvalue weighted by molar-refractivity contribution is 14.1. The zero-order chi connectivity index (χ0) is 22.5. The monoisotopic (exact) mass is 564 g/mol. The lowest BCUT2D eigenvalue weighted by Crippen LogP contribution is -2.46. The summed E-state index contributed by atoms with van der Waals surface area (Å²) in [7, 11) is 0. The minimum absolute atomic E-state index is 0.244. The molecule has 2 aromatic rings. The molecule has 7 nitrogen and oxygen atoms in total. The third kappa shape index (κ3) is 5.51. The fraction of sp³-hybridized carbons (Fsp3) is 0.261. The van der Waals surface area contributed by atoms with Crippen molar-refractivity contribution >= 4 is 57.5 Å². The predicted molar refractivity (Wildman–Crippen MR) is 130 cm³/mol. The number of hydrogen-bond donors (Lipinski definition) is 0. The molecule has 0 bridgehead atoms. The summed E-state index contributed by atoms with van der Waals surface area (Å²) in [4.78, 5) is 40.5. The van der Waals surface area contributed by atoms with E-state index in [0.29, 0.717) is 37.8 Å². The minimum Gasteiger partial charge on any atom is -0.488 e. The number of imide groups is 1. The van der Waals surface area contributed by atoms with Crippen LogP contribution < -0.4 is 4.74 Å². The second-order valence-corrected chi connectivity index (χ2v) is 9.38. The van der Waals surface area contributed by atoms with E-state index in [4.69, 9.17) is 9.47 Å². The highest BCUT2D eigenvalue weighted by atomic mass is 127. The standard InChI is InChI=1S/C23H21IN2O5S/c24-18-12-17(6-7-19(18)31-15-16-4-2-1-3-5-16)13-20-22(28)26(23(29)32-20)14-21(27)25-8-10-30-11-9-25/h1-7,12-13H,8-11,14-15H2/b20-13+. The summed E-state index contributed by atoms with van der Waals surface area (Å²) >= 11 is 3.04. The van der Waals surface area contributed by atoms with Crippen LogP contribution >= 0.6 is 34.4 Å². The molecule has 4 rings (SSSR count). The van der Waals surface area contributed by atoms with Gasteiger partial charge < -0.3 is 14.4 Å². The number of benzene rings is 2. The van der Waals surface area contributed by atoms with Gasteiger partial charge in [-0.2, -0.15) is 0 Å². The minimum atomic E-state index is -0.443. The Hall–Kier alpha value is -2.37. The molecule has 0 aromatic heterocycles. The predicted octanol–water partition coefficient (Wildman–Crippen LogP) is 3.77. The van der Waals surface area contributed by atoms with Crippen molar-refractivity contribution in [1.29, 1.82) is 0 Å². The van der Waals surface area contributed by atoms with E-state index in [9.17, 15) is 14.4 Å². The van der Waals surface area contributed by atoms with Gasteiger partial charge in [0.15, 0.2) is 0 Å². The van der Waals surface area contributed by atoms with Crippen LogP contribution in [0.5, 0.6) is 5.75 Å². The van der Waals surface area contributed by atoms with Crippen molar-refractivity contribution in [2.75, 3.05) is 32.8 Å². The molecule has 0 saturated carbocycles. The Morgan fingerprint density at radius 2 is 1.88 bits per heavy atom. The lowest BCUT2D eigenvalue weighted by atomic mass is 10.2. The Bertz CT molecular complexity index is 1050. The number of thioether (sulfide) groups is 1. The summed E-state index contributed by atoms with van der Waals surface area (Å²) in [5.74, 6) is 0.0585. The normalized spacial score (nSPS) is 17.8. The molecule has 0 unspecified atom stereocenters. The van der Waals surface area contributed by atoms with E-state index < -0.39 is 11.1 Å². The third-order valence-electron chi connectivity index (χ3n) is 5.02. The molecular weight excluding hydrogens is 543 g/mol. The van der Waals surface area contributed by atoms with Crippen molar-refractivity contribution in [1.82, 2.24) is 9.80 Å². The van der Waals surface area contributed by atoms with Crippen LogP contribution in [0.1, 0.15) is 11.1 Å². The first-order valence-corrected chi connectivity index (χ1v) is 12.0. The topological polar surface area (TPSA) is 76.2 Å². The lowest BCUT2D eigenvalue weighted by molar-refractivity contribution is -0.139. The van der Waals surface area contributed by atoms with Crippen LogP contribution in [0.3, 0.4) is 0 Å². The van der Waals surface area contributed by atoms with Crippen LogP contribution in [0, 0.1) is 3.57 Å². The van der Waals surface area contributed by atoms with Crippen molar-refractivity contribution in [3.05, 3.63) is 68.1 Å². The van der Waals surface area contributed by atoms with Gasteiger partial charge in [-0.05, 0) is 63.7 Å². The molecule has 2 aliphatic rings. The Kier molecular flexibility index (Phi) is 7.48. The maximum absolute atomic E-state index is 12.7. The second-order valence-electron chi connectivity index (χ2n) is 7.23. The van der Waals surface area contributed by atoms with E-state index in [1.807, 2.05) is 48.5 Å². The van der Waals surface area contributed by atoms with Gasteiger partial charge in [0.25, 0.3) is 11.1 Å². The van der Waals surface area contributed by atoms with Gasteiger partial charge in [0.1, 0.15) is 18.9 Å². The van der Waals surface area contributed by atoms with Crippen LogP contribution in [-0.2, 0) is 20.9 Å². The smallest absolute Gasteiger partial charge is 0.294 e. The molecule has 2 heterocycles. The molecule has 9 heteroatoms. The third-order valence-corrected chi connectivity index (χ3v) is 6.77. The van der Waals surface area contributed by atoms with Crippen molar-refractivity contribution in [2.45, 2.75) is 6.61 Å². The van der Waals surface area contributed by atoms with E-state index in [-0.39, 0.29) is 12.5 Å². The Balaban J connectivity index is 1.40. The summed E-state index contributed by atoms with van der Waals surface area (Å²) in [6.45, 7) is 2.11. The zero-order valence-electron chi connectivity index (χ0n) is 17.2. The summed E-state index contributed by atoms with van der Waals surface area (Å²) < 4.78 is 12.0. The number of hydrogen-bond acceptors (Lipinski definition) is 6. The molecule has 2 fully saturated rings. The highest BCUT2D eigenvalue weighted by Crippen LogP contribution is 2.33. The number of halogens is 1. The molecule has 3 amide bonds. The van der Waals surface area contributed by atoms with Crippen LogP contribution in [0.2, 0.25) is 0 Å². The molecule has 2 saturated heterocycles. The van der Waals surface area contributed by atoms with Crippen LogP contribution in [-0.4, -0.2) is 59.7 Å². The lowest BCUT2D eigenvalue weighted by Gasteiger charge is -2.28. The van der Waals surface area contributed by atoms with Crippen LogP contribution in [0.4, 0.5) is 4.79 Å². The Labute approximate surface area is 203 Å². The first-order chi connectivity index (χ1) is 15.5. The molecule has 0 spiro atoms. The molecular formula is C23H21IN2O5S. The summed E-state index contributed by atoms with van der Waals surface area (Å²) in [5.41, 5.74) is 1.86. The Morgan fingerprint density at radius 3 is 2.59 bits per heavy atom. The molecule has 2 aromatic carbocycles. The largest absolute Gasteiger partial charge is 0.488 e. The maximum Gasteiger partial charge on any atom is 0.294 e. The average molecular weight is 564 g/mol. The summed E-state index contributed by atoms with van der Waals surface area (Å²) in [6, 6.07) is 15.5. The zero-order valence-corrected chi connectivity index (χ0v) is 20.1. The fourth-order valence-corrected chi connectivity index (χ4v) is 4.83. The van der Waals surface area contributed by atoms with E-state index in [1.165, 1.54) is 0 Å². The number of nitrogens with zero attached hydrogens (tertiary/aromatic N) is 2. The van der Waals surface area contributed by atoms with Gasteiger partial charge in [0.2, 0.25) is 5.91 Å². The number of carbonyl (C=O) groups excluding carboxylic acids is 3. The SMILES string of the molecule is O=C(CN1C(=O)S/C(=C/c2ccc(OCc3ccccc3)c(I)c2)C1=O)N1CCOCC1. The molecule has 0 aliphatic carbocycles. The quantitative estimate of drug-likeness (QED) is 0.393. The number of carbonyl (C=O) groups is 3. The van der Waals surface area contributed by atoms with Gasteiger partial charge in [0.05, 0.1) is 21.7 Å². The first kappa shape index (κ1) is 22.8. The van der Waals surface area contributed by atoms with Gasteiger partial charge in [-0.1, -0.05) is 36.4 Å². The summed E-state index contributed by atoms with van der Waals surface area (Å²) in [5, 5.41) is -0.430. The van der Waals surface area contributed by atoms with E-state index >= 15 is 0 Å². The second kappa shape index (κ2) is 10.5. The molecule has 0 radical (unpaired) electrons. The van der Waals surface area contributed by atoms with Crippen molar-refractivity contribution in [3.63, 3.8) is 0 Å². The molecule has 2 aliphatic heterocycles. The molecule has 166 valence electrons. The van der Waals surface area contributed by atoms with E-state index in [1.54, 1.807) is 11.0 Å². The number of morpholine rings is 1. The number of ether oxygens (including phenoxy) is 2. The molecule has 0 atom stereocenters. The Morgan fingerprint density at radius 1 is 1.12 bits per heavy atom. The van der Waals surface area contributed by atoms with E-state index in [0.717, 1.165) is 37.1 Å². The van der Waals surface area contributed by atoms with Gasteiger partial charge in [-0.25, -0.2) is 0 Å². The van der Waals surface area contributed by atoms with Crippen LogP contribution in [0.15, 0.2) is 53.4 Å². The van der Waals surface area contributed by atoms with Crippen molar-refractivity contribution < 1.29 is 23.9 Å².